The summed E-state index contributed by atoms with van der Waals surface area (Å²) < 4.78 is 47.6. The minimum atomic E-state index is -4.79. The Morgan fingerprint density at radius 1 is 1.20 bits per heavy atom. The summed E-state index contributed by atoms with van der Waals surface area (Å²) in [7, 11) is 1.71. The maximum atomic E-state index is 12.5. The maximum absolute atomic E-state index is 12.5. The zero-order chi connectivity index (χ0) is 21.3. The Hall–Kier alpha value is -3.82. The summed E-state index contributed by atoms with van der Waals surface area (Å²) in [4.78, 5) is 22.0. The molecule has 1 N–H and O–H groups in total. The van der Waals surface area contributed by atoms with Gasteiger partial charge in [-0.25, -0.2) is 4.98 Å². The van der Waals surface area contributed by atoms with Crippen molar-refractivity contribution in [1.82, 2.24) is 9.97 Å². The van der Waals surface area contributed by atoms with Crippen molar-refractivity contribution in [3.05, 3.63) is 72.3 Å². The van der Waals surface area contributed by atoms with Crippen molar-refractivity contribution in [3.8, 4) is 11.5 Å². The molecule has 1 atom stereocenters. The quantitative estimate of drug-likeness (QED) is 0.689. The van der Waals surface area contributed by atoms with Gasteiger partial charge in [0.1, 0.15) is 22.9 Å². The van der Waals surface area contributed by atoms with Gasteiger partial charge < -0.3 is 19.7 Å². The number of rotatable bonds is 4. The minimum absolute atomic E-state index is 0.144. The lowest BCUT2D eigenvalue weighted by Crippen LogP contribution is -2.24. The highest BCUT2D eigenvalue weighted by Crippen LogP contribution is 2.47. The number of amides is 1. The summed E-state index contributed by atoms with van der Waals surface area (Å²) in [5.74, 6) is -0.320. The van der Waals surface area contributed by atoms with Crippen LogP contribution < -0.4 is 19.7 Å². The number of para-hydroxylation sites is 1. The van der Waals surface area contributed by atoms with E-state index in [-0.39, 0.29) is 11.4 Å². The first kappa shape index (κ1) is 19.5. The van der Waals surface area contributed by atoms with E-state index in [1.165, 1.54) is 36.8 Å². The van der Waals surface area contributed by atoms with E-state index in [4.69, 9.17) is 4.74 Å². The number of anilines is 2. The number of nitrogens with one attached hydrogen (secondary N) is 1. The predicted molar refractivity (Wildman–Crippen MR) is 101 cm³/mol. The van der Waals surface area contributed by atoms with Gasteiger partial charge in [-0.15, -0.1) is 13.2 Å². The van der Waals surface area contributed by atoms with Crippen LogP contribution in [0.3, 0.4) is 0 Å². The molecule has 1 aromatic heterocycles. The third kappa shape index (κ3) is 3.97. The van der Waals surface area contributed by atoms with Crippen LogP contribution in [0.15, 0.2) is 61.1 Å². The fraction of sp³-hybridized carbons (Fsp3) is 0.150. The molecular weight excluding hydrogens is 401 g/mol. The normalized spacial score (nSPS) is 15.3. The molecule has 1 unspecified atom stereocenters. The fourth-order valence-corrected chi connectivity index (χ4v) is 3.16. The number of carbonyl (C=O) groups is 1. The van der Waals surface area contributed by atoms with Gasteiger partial charge in [0.25, 0.3) is 5.91 Å². The standard InChI is InChI=1S/C20H15F3N4O3/c1-27-17-14(26-18(28)15-11-24-8-9-25-15)6-3-7-16(17)29-19(27)12-4-2-5-13(10-12)30-20(21,22)23/h2-11,19H,1H3,(H,26,28). The van der Waals surface area contributed by atoms with Crippen LogP contribution in [0.25, 0.3) is 0 Å². The molecule has 0 saturated carbocycles. The molecule has 0 radical (unpaired) electrons. The van der Waals surface area contributed by atoms with Gasteiger partial charge in [0.2, 0.25) is 0 Å². The van der Waals surface area contributed by atoms with Crippen molar-refractivity contribution in [1.29, 1.82) is 0 Å². The summed E-state index contributed by atoms with van der Waals surface area (Å²) in [5, 5.41) is 2.77. The fourth-order valence-electron chi connectivity index (χ4n) is 3.16. The Labute approximate surface area is 169 Å². The zero-order valence-electron chi connectivity index (χ0n) is 15.6. The lowest BCUT2D eigenvalue weighted by Gasteiger charge is -2.22. The van der Waals surface area contributed by atoms with Crippen molar-refractivity contribution in [2.24, 2.45) is 0 Å². The van der Waals surface area contributed by atoms with Gasteiger partial charge in [-0.3, -0.25) is 9.78 Å². The third-order valence-electron chi connectivity index (χ3n) is 4.36. The number of benzene rings is 2. The number of halogens is 3. The maximum Gasteiger partial charge on any atom is 0.573 e. The van der Waals surface area contributed by atoms with Crippen molar-refractivity contribution in [2.45, 2.75) is 12.6 Å². The summed E-state index contributed by atoms with van der Waals surface area (Å²) in [6, 6.07) is 10.7. The van der Waals surface area contributed by atoms with Crippen LogP contribution in [0.1, 0.15) is 22.3 Å². The monoisotopic (exact) mass is 416 g/mol. The first-order chi connectivity index (χ1) is 14.3. The number of alkyl halides is 3. The molecule has 0 aliphatic carbocycles. The first-order valence-electron chi connectivity index (χ1n) is 8.77. The summed E-state index contributed by atoms with van der Waals surface area (Å²) in [6.07, 6.45) is -1.28. The molecule has 4 rings (SSSR count). The van der Waals surface area contributed by atoms with Crippen LogP contribution in [-0.4, -0.2) is 29.3 Å². The second kappa shape index (κ2) is 7.54. The Balaban J connectivity index is 1.60. The van der Waals surface area contributed by atoms with Gasteiger partial charge in [0, 0.05) is 25.0 Å². The van der Waals surface area contributed by atoms with Crippen LogP contribution >= 0.6 is 0 Å². The Bertz CT molecular complexity index is 1080. The Kier molecular flexibility index (Phi) is 4.90. The van der Waals surface area contributed by atoms with Gasteiger partial charge in [0.05, 0.1) is 11.9 Å². The molecule has 30 heavy (non-hydrogen) atoms. The van der Waals surface area contributed by atoms with Crippen molar-refractivity contribution in [3.63, 3.8) is 0 Å². The second-order valence-corrected chi connectivity index (χ2v) is 6.40. The van der Waals surface area contributed by atoms with E-state index in [0.29, 0.717) is 22.7 Å². The molecular formula is C20H15F3N4O3. The van der Waals surface area contributed by atoms with Gasteiger partial charge in [0.15, 0.2) is 6.23 Å². The Morgan fingerprint density at radius 3 is 2.73 bits per heavy atom. The highest BCUT2D eigenvalue weighted by atomic mass is 19.4. The molecule has 1 amide bonds. The lowest BCUT2D eigenvalue weighted by molar-refractivity contribution is -0.274. The SMILES string of the molecule is CN1c2c(NC(=O)c3cnccn3)cccc2OC1c1cccc(OC(F)(F)F)c1. The van der Waals surface area contributed by atoms with E-state index in [0.717, 1.165) is 0 Å². The zero-order valence-corrected chi connectivity index (χ0v) is 15.6. The average molecular weight is 416 g/mol. The highest BCUT2D eigenvalue weighted by Gasteiger charge is 2.34. The first-order valence-corrected chi connectivity index (χ1v) is 8.77. The van der Waals surface area contributed by atoms with Crippen LogP contribution in [0.4, 0.5) is 24.5 Å². The predicted octanol–water partition coefficient (Wildman–Crippen LogP) is 4.15. The number of carbonyl (C=O) groups excluding carboxylic acids is 1. The van der Waals surface area contributed by atoms with E-state index in [1.54, 1.807) is 36.2 Å². The number of hydrogen-bond donors (Lipinski definition) is 1. The van der Waals surface area contributed by atoms with Crippen molar-refractivity contribution < 1.29 is 27.4 Å². The van der Waals surface area contributed by atoms with E-state index in [9.17, 15) is 18.0 Å². The highest BCUT2D eigenvalue weighted by molar-refractivity contribution is 6.05. The molecule has 0 saturated heterocycles. The van der Waals surface area contributed by atoms with E-state index in [2.05, 4.69) is 20.0 Å². The van der Waals surface area contributed by atoms with E-state index in [1.807, 2.05) is 0 Å². The number of hydrogen-bond acceptors (Lipinski definition) is 6. The van der Waals surface area contributed by atoms with Gasteiger partial charge in [-0.1, -0.05) is 18.2 Å². The van der Waals surface area contributed by atoms with Crippen LogP contribution in [0.5, 0.6) is 11.5 Å². The molecule has 0 fully saturated rings. The number of nitrogens with zero attached hydrogens (tertiary/aromatic N) is 3. The molecule has 1 aliphatic rings. The molecule has 154 valence electrons. The van der Waals surface area contributed by atoms with E-state index < -0.39 is 18.5 Å². The van der Waals surface area contributed by atoms with Gasteiger partial charge >= 0.3 is 6.36 Å². The molecule has 3 aromatic rings. The molecule has 0 bridgehead atoms. The summed E-state index contributed by atoms with van der Waals surface area (Å²) in [6.45, 7) is 0. The minimum Gasteiger partial charge on any atom is -0.464 e. The largest absolute Gasteiger partial charge is 0.573 e. The van der Waals surface area contributed by atoms with Crippen LogP contribution in [0, 0.1) is 0 Å². The third-order valence-corrected chi connectivity index (χ3v) is 4.36. The van der Waals surface area contributed by atoms with Gasteiger partial charge in [-0.05, 0) is 24.3 Å². The second-order valence-electron chi connectivity index (χ2n) is 6.40. The number of fused-ring (bicyclic) bond motifs is 1. The lowest BCUT2D eigenvalue weighted by atomic mass is 10.1. The smallest absolute Gasteiger partial charge is 0.464 e. The molecule has 7 nitrogen and oxygen atoms in total. The van der Waals surface area contributed by atoms with Crippen molar-refractivity contribution in [2.75, 3.05) is 17.3 Å². The topological polar surface area (TPSA) is 76.6 Å². The van der Waals surface area contributed by atoms with E-state index >= 15 is 0 Å². The summed E-state index contributed by atoms with van der Waals surface area (Å²) in [5.41, 5.74) is 1.66. The molecule has 2 aromatic carbocycles. The molecule has 10 heteroatoms. The van der Waals surface area contributed by atoms with Crippen LogP contribution in [-0.2, 0) is 0 Å². The molecule has 1 aliphatic heterocycles. The molecule has 0 spiro atoms. The molecule has 2 heterocycles. The van der Waals surface area contributed by atoms with Crippen LogP contribution in [0.2, 0.25) is 0 Å². The number of ether oxygens (including phenoxy) is 2. The summed E-state index contributed by atoms with van der Waals surface area (Å²) >= 11 is 0. The number of aromatic nitrogens is 2. The van der Waals surface area contributed by atoms with Crippen molar-refractivity contribution >= 4 is 17.3 Å². The Morgan fingerprint density at radius 2 is 2.00 bits per heavy atom. The average Bonchev–Trinajstić information content (AvgIpc) is 3.05. The van der Waals surface area contributed by atoms with Gasteiger partial charge in [-0.2, -0.15) is 0 Å².